The van der Waals surface area contributed by atoms with Crippen LogP contribution in [0.5, 0.6) is 5.75 Å². The molecule has 1 heterocycles. The average Bonchev–Trinajstić information content (AvgIpc) is 2.89. The molecule has 1 saturated heterocycles. The van der Waals surface area contributed by atoms with Crippen molar-refractivity contribution in [2.75, 3.05) is 33.3 Å². The number of carbonyl (C=O) groups excluding carboxylic acids is 1. The third-order valence-electron chi connectivity index (χ3n) is 4.85. The second-order valence-corrected chi connectivity index (χ2v) is 6.73. The molecule has 5 heteroatoms. The fourth-order valence-corrected chi connectivity index (χ4v) is 3.32. The highest BCUT2D eigenvalue weighted by Gasteiger charge is 2.21. The van der Waals surface area contributed by atoms with Crippen LogP contribution in [0.4, 0.5) is 4.39 Å². The van der Waals surface area contributed by atoms with Crippen molar-refractivity contribution in [3.8, 4) is 5.75 Å². The van der Waals surface area contributed by atoms with E-state index in [9.17, 15) is 9.18 Å². The Morgan fingerprint density at radius 1 is 1.08 bits per heavy atom. The first kappa shape index (κ1) is 18.4. The quantitative estimate of drug-likeness (QED) is 0.841. The highest BCUT2D eigenvalue weighted by Crippen LogP contribution is 2.20. The van der Waals surface area contributed by atoms with E-state index in [1.54, 1.807) is 7.11 Å². The van der Waals surface area contributed by atoms with Crippen LogP contribution in [0.15, 0.2) is 42.5 Å². The zero-order chi connectivity index (χ0) is 18.5. The maximum Gasteiger partial charge on any atom is 0.254 e. The highest BCUT2D eigenvalue weighted by molar-refractivity contribution is 5.94. The summed E-state index contributed by atoms with van der Waals surface area (Å²) in [6.45, 7) is 5.92. The maximum absolute atomic E-state index is 13.0. The Bertz CT molecular complexity index is 761. The Kier molecular flexibility index (Phi) is 5.89. The van der Waals surface area contributed by atoms with Crippen LogP contribution in [0.25, 0.3) is 0 Å². The van der Waals surface area contributed by atoms with Crippen LogP contribution in [0.1, 0.15) is 27.9 Å². The molecular weight excluding hydrogens is 331 g/mol. The standard InChI is InChI=1S/C21H25FN2O2/c1-16-4-7-18(14-20(16)26-2)21(25)24-11-3-10-23(12-13-24)15-17-5-8-19(22)9-6-17/h4-9,14H,3,10-13,15H2,1-2H3. The van der Waals surface area contributed by atoms with Crippen LogP contribution in [-0.2, 0) is 6.54 Å². The molecule has 1 amide bonds. The summed E-state index contributed by atoms with van der Waals surface area (Å²) >= 11 is 0. The predicted octanol–water partition coefficient (Wildman–Crippen LogP) is 3.49. The summed E-state index contributed by atoms with van der Waals surface area (Å²) < 4.78 is 18.4. The first-order valence-corrected chi connectivity index (χ1v) is 8.97. The highest BCUT2D eigenvalue weighted by atomic mass is 19.1. The minimum absolute atomic E-state index is 0.0481. The van der Waals surface area contributed by atoms with Crippen LogP contribution in [-0.4, -0.2) is 49.0 Å². The Balaban J connectivity index is 1.62. The van der Waals surface area contributed by atoms with Gasteiger partial charge in [-0.1, -0.05) is 18.2 Å². The number of benzene rings is 2. The second-order valence-electron chi connectivity index (χ2n) is 6.73. The number of methoxy groups -OCH3 is 1. The number of hydrogen-bond acceptors (Lipinski definition) is 3. The van der Waals surface area contributed by atoms with Crippen LogP contribution in [0.2, 0.25) is 0 Å². The summed E-state index contributed by atoms with van der Waals surface area (Å²) in [7, 11) is 1.62. The molecule has 0 atom stereocenters. The van der Waals surface area contributed by atoms with Gasteiger partial charge in [-0.3, -0.25) is 9.69 Å². The Morgan fingerprint density at radius 2 is 1.85 bits per heavy atom. The molecule has 0 saturated carbocycles. The minimum atomic E-state index is -0.213. The number of rotatable bonds is 4. The monoisotopic (exact) mass is 356 g/mol. The summed E-state index contributed by atoms with van der Waals surface area (Å²) in [5.74, 6) is 0.574. The minimum Gasteiger partial charge on any atom is -0.496 e. The van der Waals surface area contributed by atoms with Gasteiger partial charge in [0.25, 0.3) is 5.91 Å². The molecule has 0 spiro atoms. The Hall–Kier alpha value is -2.40. The zero-order valence-corrected chi connectivity index (χ0v) is 15.4. The lowest BCUT2D eigenvalue weighted by atomic mass is 10.1. The topological polar surface area (TPSA) is 32.8 Å². The summed E-state index contributed by atoms with van der Waals surface area (Å²) in [5, 5.41) is 0. The number of carbonyl (C=O) groups is 1. The van der Waals surface area contributed by atoms with Gasteiger partial charge in [-0.2, -0.15) is 0 Å². The molecule has 0 radical (unpaired) electrons. The van der Waals surface area contributed by atoms with Gasteiger partial charge in [0.1, 0.15) is 11.6 Å². The SMILES string of the molecule is COc1cc(C(=O)N2CCCN(Cc3ccc(F)cc3)CC2)ccc1C. The summed E-state index contributed by atoms with van der Waals surface area (Å²) in [5.41, 5.74) is 2.78. The molecule has 2 aromatic rings. The van der Waals surface area contributed by atoms with Crippen LogP contribution < -0.4 is 4.74 Å². The number of hydrogen-bond donors (Lipinski definition) is 0. The van der Waals surface area contributed by atoms with Gasteiger partial charge in [-0.25, -0.2) is 4.39 Å². The average molecular weight is 356 g/mol. The first-order chi connectivity index (χ1) is 12.6. The fraction of sp³-hybridized carbons (Fsp3) is 0.381. The van der Waals surface area contributed by atoms with Crippen LogP contribution in [0, 0.1) is 12.7 Å². The number of halogens is 1. The predicted molar refractivity (Wildman–Crippen MR) is 99.9 cm³/mol. The molecular formula is C21H25FN2O2. The lowest BCUT2D eigenvalue weighted by Gasteiger charge is -2.22. The molecule has 1 fully saturated rings. The van der Waals surface area contributed by atoms with Crippen LogP contribution in [0.3, 0.4) is 0 Å². The number of aryl methyl sites for hydroxylation is 1. The molecule has 0 N–H and O–H groups in total. The summed E-state index contributed by atoms with van der Waals surface area (Å²) in [6.07, 6.45) is 0.927. The third-order valence-corrected chi connectivity index (χ3v) is 4.85. The molecule has 0 aliphatic carbocycles. The van der Waals surface area contributed by atoms with Crippen molar-refractivity contribution in [3.63, 3.8) is 0 Å². The van der Waals surface area contributed by atoms with E-state index in [4.69, 9.17) is 4.74 Å². The first-order valence-electron chi connectivity index (χ1n) is 8.97. The van der Waals surface area contributed by atoms with E-state index in [-0.39, 0.29) is 11.7 Å². The van der Waals surface area contributed by atoms with Gasteiger partial charge in [-0.15, -0.1) is 0 Å². The van der Waals surface area contributed by atoms with Gasteiger partial charge in [0.05, 0.1) is 7.11 Å². The number of nitrogens with zero attached hydrogens (tertiary/aromatic N) is 2. The molecule has 2 aromatic carbocycles. The maximum atomic E-state index is 13.0. The molecule has 0 aromatic heterocycles. The van der Waals surface area contributed by atoms with E-state index in [0.717, 1.165) is 49.5 Å². The molecule has 26 heavy (non-hydrogen) atoms. The lowest BCUT2D eigenvalue weighted by molar-refractivity contribution is 0.0760. The largest absolute Gasteiger partial charge is 0.496 e. The van der Waals surface area contributed by atoms with E-state index in [1.807, 2.05) is 42.2 Å². The van der Waals surface area contributed by atoms with E-state index >= 15 is 0 Å². The van der Waals surface area contributed by atoms with E-state index in [1.165, 1.54) is 12.1 Å². The molecule has 3 rings (SSSR count). The van der Waals surface area contributed by atoms with Crippen molar-refractivity contribution in [3.05, 3.63) is 65.0 Å². The molecule has 4 nitrogen and oxygen atoms in total. The van der Waals surface area contributed by atoms with Crippen molar-refractivity contribution in [2.45, 2.75) is 19.9 Å². The van der Waals surface area contributed by atoms with Gasteiger partial charge in [0.2, 0.25) is 0 Å². The van der Waals surface area contributed by atoms with Crippen molar-refractivity contribution < 1.29 is 13.9 Å². The Labute approximate surface area is 154 Å². The van der Waals surface area contributed by atoms with Crippen molar-refractivity contribution in [1.82, 2.24) is 9.80 Å². The zero-order valence-electron chi connectivity index (χ0n) is 15.4. The third kappa shape index (κ3) is 4.41. The Morgan fingerprint density at radius 3 is 2.58 bits per heavy atom. The molecule has 138 valence electrons. The smallest absolute Gasteiger partial charge is 0.254 e. The molecule has 0 unspecified atom stereocenters. The lowest BCUT2D eigenvalue weighted by Crippen LogP contribution is -2.35. The van der Waals surface area contributed by atoms with Gasteiger partial charge in [0.15, 0.2) is 0 Å². The number of ether oxygens (including phenoxy) is 1. The van der Waals surface area contributed by atoms with E-state index < -0.39 is 0 Å². The second kappa shape index (κ2) is 8.32. The van der Waals surface area contributed by atoms with E-state index in [2.05, 4.69) is 4.90 Å². The van der Waals surface area contributed by atoms with Gasteiger partial charge >= 0.3 is 0 Å². The summed E-state index contributed by atoms with van der Waals surface area (Å²) in [4.78, 5) is 17.1. The van der Waals surface area contributed by atoms with Crippen LogP contribution >= 0.6 is 0 Å². The van der Waals surface area contributed by atoms with Crippen molar-refractivity contribution >= 4 is 5.91 Å². The fourth-order valence-electron chi connectivity index (χ4n) is 3.32. The molecule has 1 aliphatic heterocycles. The summed E-state index contributed by atoms with van der Waals surface area (Å²) in [6, 6.07) is 12.2. The molecule has 1 aliphatic rings. The van der Waals surface area contributed by atoms with E-state index in [0.29, 0.717) is 12.1 Å². The number of amides is 1. The molecule has 0 bridgehead atoms. The normalized spacial score (nSPS) is 15.6. The van der Waals surface area contributed by atoms with Gasteiger partial charge < -0.3 is 9.64 Å². The van der Waals surface area contributed by atoms with Crippen molar-refractivity contribution in [1.29, 1.82) is 0 Å². The van der Waals surface area contributed by atoms with Crippen molar-refractivity contribution in [2.24, 2.45) is 0 Å². The van der Waals surface area contributed by atoms with Gasteiger partial charge in [0, 0.05) is 38.3 Å². The van der Waals surface area contributed by atoms with Gasteiger partial charge in [-0.05, 0) is 48.7 Å².